The molecule has 1 heterocycles. The van der Waals surface area contributed by atoms with Gasteiger partial charge in [0.2, 0.25) is 5.91 Å². The van der Waals surface area contributed by atoms with Gasteiger partial charge in [-0.2, -0.15) is 11.8 Å². The highest BCUT2D eigenvalue weighted by molar-refractivity contribution is 7.98. The zero-order valence-electron chi connectivity index (χ0n) is 9.71. The SMILES string of the molecule is CC(=O)N[C@@H](CSCc1nccn1C)C(=O)O. The number of rotatable bonds is 6. The van der Waals surface area contributed by atoms with E-state index in [1.807, 2.05) is 17.8 Å². The molecular formula is C10H15N3O3S. The fraction of sp³-hybridized carbons (Fsp3) is 0.500. The van der Waals surface area contributed by atoms with Gasteiger partial charge in [0.15, 0.2) is 0 Å². The summed E-state index contributed by atoms with van der Waals surface area (Å²) in [5.74, 6) is 0.457. The minimum atomic E-state index is -1.02. The molecule has 1 atom stereocenters. The largest absolute Gasteiger partial charge is 0.480 e. The quantitative estimate of drug-likeness (QED) is 0.762. The van der Waals surface area contributed by atoms with E-state index in [1.54, 1.807) is 6.20 Å². The number of carboxylic acid groups (broad SMARTS) is 1. The number of aromatic nitrogens is 2. The van der Waals surface area contributed by atoms with E-state index >= 15 is 0 Å². The molecule has 0 saturated carbocycles. The molecule has 7 heteroatoms. The van der Waals surface area contributed by atoms with E-state index in [-0.39, 0.29) is 5.91 Å². The van der Waals surface area contributed by atoms with Crippen molar-refractivity contribution >= 4 is 23.6 Å². The lowest BCUT2D eigenvalue weighted by Crippen LogP contribution is -2.41. The van der Waals surface area contributed by atoms with Crippen LogP contribution in [-0.2, 0) is 22.4 Å². The van der Waals surface area contributed by atoms with Crippen LogP contribution in [0.3, 0.4) is 0 Å². The van der Waals surface area contributed by atoms with Crippen LogP contribution in [0.1, 0.15) is 12.7 Å². The van der Waals surface area contributed by atoms with E-state index in [1.165, 1.54) is 18.7 Å². The number of aliphatic carboxylic acids is 1. The molecular weight excluding hydrogens is 242 g/mol. The third kappa shape index (κ3) is 4.48. The summed E-state index contributed by atoms with van der Waals surface area (Å²) in [5, 5.41) is 11.3. The van der Waals surface area contributed by atoms with E-state index in [0.717, 1.165) is 5.82 Å². The van der Waals surface area contributed by atoms with Crippen molar-refractivity contribution in [1.29, 1.82) is 0 Å². The fourth-order valence-electron chi connectivity index (χ4n) is 1.22. The Labute approximate surface area is 103 Å². The molecule has 1 rings (SSSR count). The maximum Gasteiger partial charge on any atom is 0.327 e. The molecule has 1 amide bonds. The maximum absolute atomic E-state index is 10.8. The third-order valence-corrected chi connectivity index (χ3v) is 3.14. The number of carboxylic acids is 1. The highest BCUT2D eigenvalue weighted by Crippen LogP contribution is 2.11. The summed E-state index contributed by atoms with van der Waals surface area (Å²) in [7, 11) is 1.88. The van der Waals surface area contributed by atoms with Crippen molar-refractivity contribution in [3.8, 4) is 0 Å². The number of thioether (sulfide) groups is 1. The Bertz CT molecular complexity index is 405. The number of amides is 1. The molecule has 1 aromatic heterocycles. The predicted molar refractivity (Wildman–Crippen MR) is 64.6 cm³/mol. The molecule has 0 saturated heterocycles. The molecule has 1 aromatic rings. The lowest BCUT2D eigenvalue weighted by atomic mass is 10.3. The summed E-state index contributed by atoms with van der Waals surface area (Å²) < 4.78 is 1.88. The Morgan fingerprint density at radius 3 is 2.82 bits per heavy atom. The monoisotopic (exact) mass is 257 g/mol. The van der Waals surface area contributed by atoms with Gasteiger partial charge in [-0.1, -0.05) is 0 Å². The molecule has 17 heavy (non-hydrogen) atoms. The second-order valence-electron chi connectivity index (χ2n) is 3.56. The van der Waals surface area contributed by atoms with Crippen molar-refractivity contribution in [2.75, 3.05) is 5.75 Å². The molecule has 6 nitrogen and oxygen atoms in total. The minimum Gasteiger partial charge on any atom is -0.480 e. The standard InChI is InChI=1S/C10H15N3O3S/c1-7(14)12-8(10(15)16)5-17-6-9-11-3-4-13(9)2/h3-4,8H,5-6H2,1-2H3,(H,12,14)(H,15,16)/t8-/m0/s1. The first kappa shape index (κ1) is 13.6. The lowest BCUT2D eigenvalue weighted by molar-refractivity contribution is -0.140. The Balaban J connectivity index is 2.40. The van der Waals surface area contributed by atoms with Gasteiger partial charge in [-0.15, -0.1) is 0 Å². The van der Waals surface area contributed by atoms with Crippen LogP contribution < -0.4 is 5.32 Å². The topological polar surface area (TPSA) is 84.2 Å². The number of nitrogens with one attached hydrogen (secondary N) is 1. The van der Waals surface area contributed by atoms with Gasteiger partial charge in [0.25, 0.3) is 0 Å². The first-order valence-electron chi connectivity index (χ1n) is 5.04. The van der Waals surface area contributed by atoms with E-state index < -0.39 is 12.0 Å². The van der Waals surface area contributed by atoms with Gasteiger partial charge in [0, 0.05) is 32.1 Å². The average Bonchev–Trinajstić information content (AvgIpc) is 2.62. The number of carbonyl (C=O) groups excluding carboxylic acids is 1. The molecule has 0 bridgehead atoms. The zero-order chi connectivity index (χ0) is 12.8. The first-order valence-corrected chi connectivity index (χ1v) is 6.20. The van der Waals surface area contributed by atoms with Gasteiger partial charge < -0.3 is 15.0 Å². The Hall–Kier alpha value is -1.50. The third-order valence-electron chi connectivity index (χ3n) is 2.11. The van der Waals surface area contributed by atoms with Gasteiger partial charge in [-0.25, -0.2) is 9.78 Å². The molecule has 94 valence electrons. The van der Waals surface area contributed by atoms with Gasteiger partial charge in [-0.3, -0.25) is 4.79 Å². The molecule has 0 aliphatic carbocycles. The highest BCUT2D eigenvalue weighted by Gasteiger charge is 2.18. The van der Waals surface area contributed by atoms with E-state index in [0.29, 0.717) is 11.5 Å². The van der Waals surface area contributed by atoms with Crippen LogP contribution in [0.5, 0.6) is 0 Å². The molecule has 0 aromatic carbocycles. The molecule has 0 radical (unpaired) electrons. The molecule has 0 unspecified atom stereocenters. The normalized spacial score (nSPS) is 12.1. The number of hydrogen-bond donors (Lipinski definition) is 2. The van der Waals surface area contributed by atoms with E-state index in [4.69, 9.17) is 5.11 Å². The number of aryl methyl sites for hydroxylation is 1. The van der Waals surface area contributed by atoms with Crippen molar-refractivity contribution in [2.45, 2.75) is 18.7 Å². The predicted octanol–water partition coefficient (Wildman–Crippen LogP) is 0.243. The Morgan fingerprint density at radius 2 is 2.35 bits per heavy atom. The number of imidazole rings is 1. The highest BCUT2D eigenvalue weighted by atomic mass is 32.2. The summed E-state index contributed by atoms with van der Waals surface area (Å²) in [6.07, 6.45) is 3.52. The average molecular weight is 257 g/mol. The van der Waals surface area contributed by atoms with Crippen LogP contribution in [0.2, 0.25) is 0 Å². The smallest absolute Gasteiger partial charge is 0.327 e. The molecule has 0 spiro atoms. The minimum absolute atomic E-state index is 0.321. The Kier molecular flexibility index (Phi) is 5.02. The van der Waals surface area contributed by atoms with Crippen molar-refractivity contribution in [2.24, 2.45) is 7.05 Å². The molecule has 0 aliphatic heterocycles. The van der Waals surface area contributed by atoms with Gasteiger partial charge in [0.1, 0.15) is 11.9 Å². The molecule has 0 fully saturated rings. The number of nitrogens with zero attached hydrogens (tertiary/aromatic N) is 2. The number of carbonyl (C=O) groups is 2. The van der Waals surface area contributed by atoms with Crippen LogP contribution in [0.4, 0.5) is 0 Å². The Morgan fingerprint density at radius 1 is 1.65 bits per heavy atom. The summed E-state index contributed by atoms with van der Waals surface area (Å²) >= 11 is 1.42. The number of hydrogen-bond acceptors (Lipinski definition) is 4. The zero-order valence-corrected chi connectivity index (χ0v) is 10.5. The van der Waals surface area contributed by atoms with Crippen LogP contribution in [0.15, 0.2) is 12.4 Å². The van der Waals surface area contributed by atoms with Gasteiger partial charge in [0.05, 0.1) is 5.75 Å². The van der Waals surface area contributed by atoms with Crippen LogP contribution in [0.25, 0.3) is 0 Å². The van der Waals surface area contributed by atoms with Gasteiger partial charge in [-0.05, 0) is 0 Å². The summed E-state index contributed by atoms with van der Waals surface area (Å²) in [5.41, 5.74) is 0. The van der Waals surface area contributed by atoms with Crippen LogP contribution in [0, 0.1) is 0 Å². The summed E-state index contributed by atoms with van der Waals surface area (Å²) in [6, 6.07) is -0.849. The lowest BCUT2D eigenvalue weighted by Gasteiger charge is -2.12. The maximum atomic E-state index is 10.8. The fourth-order valence-corrected chi connectivity index (χ4v) is 2.26. The van der Waals surface area contributed by atoms with Crippen LogP contribution >= 0.6 is 11.8 Å². The summed E-state index contributed by atoms with van der Waals surface area (Å²) in [6.45, 7) is 1.30. The molecule has 0 aliphatic rings. The van der Waals surface area contributed by atoms with Crippen molar-refractivity contribution in [3.63, 3.8) is 0 Å². The van der Waals surface area contributed by atoms with E-state index in [2.05, 4.69) is 10.3 Å². The first-order chi connectivity index (χ1) is 8.00. The van der Waals surface area contributed by atoms with Crippen molar-refractivity contribution in [1.82, 2.24) is 14.9 Å². The second-order valence-corrected chi connectivity index (χ2v) is 4.59. The molecule has 2 N–H and O–H groups in total. The van der Waals surface area contributed by atoms with Crippen molar-refractivity contribution in [3.05, 3.63) is 18.2 Å². The van der Waals surface area contributed by atoms with Crippen molar-refractivity contribution < 1.29 is 14.7 Å². The second kappa shape index (κ2) is 6.29. The van der Waals surface area contributed by atoms with E-state index in [9.17, 15) is 9.59 Å². The van der Waals surface area contributed by atoms with Gasteiger partial charge >= 0.3 is 5.97 Å². The summed E-state index contributed by atoms with van der Waals surface area (Å²) in [4.78, 5) is 25.8. The van der Waals surface area contributed by atoms with Crippen LogP contribution in [-0.4, -0.2) is 38.3 Å².